The van der Waals surface area contributed by atoms with Gasteiger partial charge in [0.05, 0.1) is 0 Å². The summed E-state index contributed by atoms with van der Waals surface area (Å²) in [6, 6.07) is 4.39. The highest BCUT2D eigenvalue weighted by atomic mass is 79.9. The number of hydrogen-bond acceptors (Lipinski definition) is 2. The van der Waals surface area contributed by atoms with Crippen molar-refractivity contribution in [3.63, 3.8) is 0 Å². The van der Waals surface area contributed by atoms with Gasteiger partial charge in [-0.1, -0.05) is 22.0 Å². The van der Waals surface area contributed by atoms with Crippen molar-refractivity contribution in [1.82, 2.24) is 4.90 Å². The summed E-state index contributed by atoms with van der Waals surface area (Å²) in [6.45, 7) is 1.07. The van der Waals surface area contributed by atoms with Crippen LogP contribution in [0.1, 0.15) is 18.4 Å². The van der Waals surface area contributed by atoms with Crippen LogP contribution in [0.15, 0.2) is 22.7 Å². The summed E-state index contributed by atoms with van der Waals surface area (Å²) in [4.78, 5) is 12.8. The van der Waals surface area contributed by atoms with Crippen LogP contribution in [0.2, 0.25) is 0 Å². The molecular formula is C12H13BrFNO2. The number of aliphatic carboxylic acids is 1. The van der Waals surface area contributed by atoms with E-state index >= 15 is 0 Å². The second-order valence-electron chi connectivity index (χ2n) is 4.20. The van der Waals surface area contributed by atoms with E-state index in [0.29, 0.717) is 29.5 Å². The van der Waals surface area contributed by atoms with Crippen molar-refractivity contribution in [2.75, 3.05) is 6.54 Å². The Labute approximate surface area is 107 Å². The first kappa shape index (κ1) is 12.5. The van der Waals surface area contributed by atoms with E-state index in [-0.39, 0.29) is 5.82 Å². The van der Waals surface area contributed by atoms with E-state index in [1.54, 1.807) is 12.1 Å². The summed E-state index contributed by atoms with van der Waals surface area (Å²) in [5.41, 5.74) is 0.543. The molecule has 92 valence electrons. The van der Waals surface area contributed by atoms with Gasteiger partial charge in [0.2, 0.25) is 0 Å². The van der Waals surface area contributed by atoms with E-state index in [4.69, 9.17) is 5.11 Å². The Morgan fingerprint density at radius 3 is 3.00 bits per heavy atom. The van der Waals surface area contributed by atoms with Crippen LogP contribution in [-0.4, -0.2) is 28.6 Å². The first-order chi connectivity index (χ1) is 8.08. The Morgan fingerprint density at radius 1 is 1.59 bits per heavy atom. The molecule has 0 radical (unpaired) electrons. The summed E-state index contributed by atoms with van der Waals surface area (Å²) in [5.74, 6) is -1.12. The number of halogens is 2. The number of nitrogens with zero attached hydrogens (tertiary/aromatic N) is 1. The molecule has 0 amide bonds. The molecule has 0 aliphatic carbocycles. The lowest BCUT2D eigenvalue weighted by Crippen LogP contribution is -2.35. The monoisotopic (exact) mass is 301 g/mol. The Kier molecular flexibility index (Phi) is 3.79. The molecule has 0 bridgehead atoms. The SMILES string of the molecule is O=C(O)C1CCCN1Cc1ccc(Br)cc1F. The summed E-state index contributed by atoms with van der Waals surface area (Å²) in [5, 5.41) is 9.03. The molecule has 1 saturated heterocycles. The molecule has 1 N–H and O–H groups in total. The summed E-state index contributed by atoms with van der Waals surface area (Å²) in [7, 11) is 0. The average molecular weight is 302 g/mol. The lowest BCUT2D eigenvalue weighted by molar-refractivity contribution is -0.142. The molecule has 0 spiro atoms. The van der Waals surface area contributed by atoms with Gasteiger partial charge in [0, 0.05) is 16.6 Å². The van der Waals surface area contributed by atoms with Crippen molar-refractivity contribution >= 4 is 21.9 Å². The second kappa shape index (κ2) is 5.14. The topological polar surface area (TPSA) is 40.5 Å². The van der Waals surface area contributed by atoms with Crippen molar-refractivity contribution in [1.29, 1.82) is 0 Å². The van der Waals surface area contributed by atoms with Crippen molar-refractivity contribution in [2.45, 2.75) is 25.4 Å². The number of carboxylic acids is 1. The van der Waals surface area contributed by atoms with E-state index in [2.05, 4.69) is 15.9 Å². The quantitative estimate of drug-likeness (QED) is 0.933. The molecule has 1 aromatic rings. The molecule has 17 heavy (non-hydrogen) atoms. The summed E-state index contributed by atoms with van der Waals surface area (Å²) in [6.07, 6.45) is 1.50. The Hall–Kier alpha value is -0.940. The van der Waals surface area contributed by atoms with Crippen LogP contribution in [0, 0.1) is 5.82 Å². The number of benzene rings is 1. The maximum atomic E-state index is 13.6. The first-order valence-corrected chi connectivity index (χ1v) is 6.28. The highest BCUT2D eigenvalue weighted by molar-refractivity contribution is 9.10. The third-order valence-corrected chi connectivity index (χ3v) is 3.53. The first-order valence-electron chi connectivity index (χ1n) is 5.48. The van der Waals surface area contributed by atoms with Crippen molar-refractivity contribution in [3.8, 4) is 0 Å². The van der Waals surface area contributed by atoms with E-state index in [9.17, 15) is 9.18 Å². The zero-order valence-corrected chi connectivity index (χ0v) is 10.8. The standard InChI is InChI=1S/C12H13BrFNO2/c13-9-4-3-8(10(14)6-9)7-15-5-1-2-11(15)12(16)17/h3-4,6,11H,1-2,5,7H2,(H,16,17). The smallest absolute Gasteiger partial charge is 0.320 e. The zero-order valence-electron chi connectivity index (χ0n) is 9.20. The van der Waals surface area contributed by atoms with Crippen LogP contribution in [0.5, 0.6) is 0 Å². The molecule has 3 nitrogen and oxygen atoms in total. The lowest BCUT2D eigenvalue weighted by Gasteiger charge is -2.21. The van der Waals surface area contributed by atoms with E-state index < -0.39 is 12.0 Å². The van der Waals surface area contributed by atoms with Gasteiger partial charge < -0.3 is 5.11 Å². The number of likely N-dealkylation sites (tertiary alicyclic amines) is 1. The number of hydrogen-bond donors (Lipinski definition) is 1. The molecule has 5 heteroatoms. The van der Waals surface area contributed by atoms with Gasteiger partial charge in [0.15, 0.2) is 0 Å². The van der Waals surface area contributed by atoms with Gasteiger partial charge in [-0.05, 0) is 31.5 Å². The molecular weight excluding hydrogens is 289 g/mol. The van der Waals surface area contributed by atoms with Crippen molar-refractivity contribution in [2.24, 2.45) is 0 Å². The normalized spacial score (nSPS) is 20.7. The van der Waals surface area contributed by atoms with Crippen molar-refractivity contribution < 1.29 is 14.3 Å². The Morgan fingerprint density at radius 2 is 2.35 bits per heavy atom. The third-order valence-electron chi connectivity index (χ3n) is 3.04. The van der Waals surface area contributed by atoms with Gasteiger partial charge in [-0.2, -0.15) is 0 Å². The maximum absolute atomic E-state index is 13.6. The van der Waals surface area contributed by atoms with Crippen LogP contribution in [0.3, 0.4) is 0 Å². The van der Waals surface area contributed by atoms with Crippen LogP contribution in [0.4, 0.5) is 4.39 Å². The molecule has 1 aliphatic heterocycles. The molecule has 1 unspecified atom stereocenters. The fraction of sp³-hybridized carbons (Fsp3) is 0.417. The van der Waals surface area contributed by atoms with Gasteiger partial charge in [0.1, 0.15) is 11.9 Å². The van der Waals surface area contributed by atoms with Gasteiger partial charge in [-0.25, -0.2) is 4.39 Å². The second-order valence-corrected chi connectivity index (χ2v) is 5.12. The van der Waals surface area contributed by atoms with Crippen LogP contribution >= 0.6 is 15.9 Å². The predicted molar refractivity (Wildman–Crippen MR) is 65.2 cm³/mol. The summed E-state index contributed by atoms with van der Waals surface area (Å²) < 4.78 is 14.3. The molecule has 0 aromatic heterocycles. The van der Waals surface area contributed by atoms with Crippen LogP contribution < -0.4 is 0 Å². The van der Waals surface area contributed by atoms with Crippen molar-refractivity contribution in [3.05, 3.63) is 34.1 Å². The van der Waals surface area contributed by atoms with E-state index in [0.717, 1.165) is 6.42 Å². The predicted octanol–water partition coefficient (Wildman–Crippen LogP) is 2.64. The van der Waals surface area contributed by atoms with Gasteiger partial charge in [-0.15, -0.1) is 0 Å². The largest absolute Gasteiger partial charge is 0.480 e. The molecule has 0 saturated carbocycles. The molecule has 2 rings (SSSR count). The highest BCUT2D eigenvalue weighted by Crippen LogP contribution is 2.22. The minimum Gasteiger partial charge on any atom is -0.480 e. The number of carbonyl (C=O) groups is 1. The Bertz CT molecular complexity index is 439. The molecule has 1 fully saturated rings. The minimum atomic E-state index is -0.819. The van der Waals surface area contributed by atoms with Gasteiger partial charge in [-0.3, -0.25) is 9.69 Å². The molecule has 1 atom stereocenters. The molecule has 1 heterocycles. The van der Waals surface area contributed by atoms with Gasteiger partial charge >= 0.3 is 5.97 Å². The zero-order chi connectivity index (χ0) is 12.4. The minimum absolute atomic E-state index is 0.296. The maximum Gasteiger partial charge on any atom is 0.320 e. The number of rotatable bonds is 3. The fourth-order valence-corrected chi connectivity index (χ4v) is 2.50. The fourth-order valence-electron chi connectivity index (χ4n) is 2.16. The van der Waals surface area contributed by atoms with Gasteiger partial charge in [0.25, 0.3) is 0 Å². The molecule has 1 aliphatic rings. The van der Waals surface area contributed by atoms with E-state index in [1.165, 1.54) is 6.07 Å². The lowest BCUT2D eigenvalue weighted by atomic mass is 10.1. The van der Waals surface area contributed by atoms with Crippen LogP contribution in [0.25, 0.3) is 0 Å². The Balaban J connectivity index is 2.12. The molecule has 1 aromatic carbocycles. The average Bonchev–Trinajstić information content (AvgIpc) is 2.70. The van der Waals surface area contributed by atoms with Crippen LogP contribution in [-0.2, 0) is 11.3 Å². The summed E-state index contributed by atoms with van der Waals surface area (Å²) >= 11 is 3.20. The number of carboxylic acid groups (broad SMARTS) is 1. The highest BCUT2D eigenvalue weighted by Gasteiger charge is 2.30. The van der Waals surface area contributed by atoms with E-state index in [1.807, 2.05) is 4.90 Å². The third kappa shape index (κ3) is 2.84.